The molecule has 0 spiro atoms. The monoisotopic (exact) mass is 308 g/mol. The van der Waals surface area contributed by atoms with Gasteiger partial charge in [0, 0.05) is 14.9 Å². The number of thiazole rings is 1. The van der Waals surface area contributed by atoms with Crippen LogP contribution in [0.4, 0.5) is 0 Å². The zero-order valence-corrected chi connectivity index (χ0v) is 11.9. The van der Waals surface area contributed by atoms with E-state index in [1.54, 1.807) is 11.3 Å². The predicted octanol–water partition coefficient (Wildman–Crippen LogP) is 3.83. The molecule has 0 amide bonds. The van der Waals surface area contributed by atoms with Crippen molar-refractivity contribution in [2.24, 2.45) is 5.73 Å². The Balaban J connectivity index is 2.02. The van der Waals surface area contributed by atoms with Gasteiger partial charge in [0.25, 0.3) is 0 Å². The fourth-order valence-electron chi connectivity index (χ4n) is 1.94. The van der Waals surface area contributed by atoms with E-state index in [2.05, 4.69) is 40.0 Å². The van der Waals surface area contributed by atoms with E-state index in [-0.39, 0.29) is 5.54 Å². The fourth-order valence-corrected chi connectivity index (χ4v) is 3.43. The topological polar surface area (TPSA) is 38.9 Å². The van der Waals surface area contributed by atoms with Crippen molar-refractivity contribution in [1.82, 2.24) is 4.98 Å². The number of aryl methyl sites for hydroxylation is 1. The zero-order valence-electron chi connectivity index (χ0n) is 9.53. The lowest BCUT2D eigenvalue weighted by atomic mass is 10.2. The average molecular weight is 309 g/mol. The number of halogens is 1. The second kappa shape index (κ2) is 3.90. The van der Waals surface area contributed by atoms with E-state index < -0.39 is 0 Å². The number of rotatable bonds is 2. The van der Waals surface area contributed by atoms with E-state index in [0.29, 0.717) is 0 Å². The van der Waals surface area contributed by atoms with Crippen molar-refractivity contribution in [2.45, 2.75) is 25.3 Å². The first kappa shape index (κ1) is 11.4. The molecule has 4 heteroatoms. The summed E-state index contributed by atoms with van der Waals surface area (Å²) in [5.41, 5.74) is 8.43. The molecule has 2 N–H and O–H groups in total. The SMILES string of the molecule is Cc1nc(-c2ccc(Br)cc2)sc1C1(N)CC1. The number of hydrogen-bond donors (Lipinski definition) is 1. The third-order valence-corrected chi connectivity index (χ3v) is 5.08. The number of nitrogens with zero attached hydrogens (tertiary/aromatic N) is 1. The Bertz CT molecular complexity index is 555. The Hall–Kier alpha value is -0.710. The molecular weight excluding hydrogens is 296 g/mol. The van der Waals surface area contributed by atoms with Gasteiger partial charge in [-0.25, -0.2) is 4.98 Å². The number of aromatic nitrogens is 1. The fraction of sp³-hybridized carbons (Fsp3) is 0.308. The van der Waals surface area contributed by atoms with Crippen molar-refractivity contribution in [1.29, 1.82) is 0 Å². The Morgan fingerprint density at radius 2 is 1.94 bits per heavy atom. The minimum Gasteiger partial charge on any atom is -0.321 e. The van der Waals surface area contributed by atoms with Crippen LogP contribution in [-0.4, -0.2) is 4.98 Å². The van der Waals surface area contributed by atoms with Crippen LogP contribution in [0.15, 0.2) is 28.7 Å². The van der Waals surface area contributed by atoms with Gasteiger partial charge in [-0.2, -0.15) is 0 Å². The normalized spacial score (nSPS) is 17.1. The molecule has 3 rings (SSSR count). The van der Waals surface area contributed by atoms with E-state index in [1.165, 1.54) is 4.88 Å². The van der Waals surface area contributed by atoms with Crippen LogP contribution in [-0.2, 0) is 5.54 Å². The van der Waals surface area contributed by atoms with E-state index in [9.17, 15) is 0 Å². The molecule has 2 nitrogen and oxygen atoms in total. The van der Waals surface area contributed by atoms with Crippen LogP contribution in [0.1, 0.15) is 23.4 Å². The number of hydrogen-bond acceptors (Lipinski definition) is 3. The maximum atomic E-state index is 6.25. The standard InChI is InChI=1S/C13H13BrN2S/c1-8-11(13(15)6-7-13)17-12(16-8)9-2-4-10(14)5-3-9/h2-5H,6-7,15H2,1H3. The maximum absolute atomic E-state index is 6.25. The van der Waals surface area contributed by atoms with Crippen molar-refractivity contribution < 1.29 is 0 Å². The largest absolute Gasteiger partial charge is 0.321 e. The molecule has 2 aromatic rings. The quantitative estimate of drug-likeness (QED) is 0.915. The molecule has 0 aliphatic heterocycles. The smallest absolute Gasteiger partial charge is 0.123 e. The van der Waals surface area contributed by atoms with Gasteiger partial charge in [-0.3, -0.25) is 0 Å². The Labute approximate surface area is 113 Å². The second-order valence-corrected chi connectivity index (χ2v) is 6.51. The molecule has 1 heterocycles. The lowest BCUT2D eigenvalue weighted by molar-refractivity contribution is 0.748. The average Bonchev–Trinajstić information content (AvgIpc) is 2.91. The van der Waals surface area contributed by atoms with E-state index in [1.807, 2.05) is 12.1 Å². The Morgan fingerprint density at radius 3 is 2.53 bits per heavy atom. The highest BCUT2D eigenvalue weighted by Gasteiger charge is 2.43. The van der Waals surface area contributed by atoms with Crippen molar-refractivity contribution in [3.63, 3.8) is 0 Å². The molecule has 0 atom stereocenters. The van der Waals surface area contributed by atoms with Gasteiger partial charge < -0.3 is 5.73 Å². The molecule has 0 radical (unpaired) electrons. The molecule has 0 saturated heterocycles. The van der Waals surface area contributed by atoms with Crippen molar-refractivity contribution in [3.8, 4) is 10.6 Å². The van der Waals surface area contributed by atoms with Crippen LogP contribution in [0.5, 0.6) is 0 Å². The van der Waals surface area contributed by atoms with Crippen molar-refractivity contribution in [3.05, 3.63) is 39.3 Å². The third-order valence-electron chi connectivity index (χ3n) is 3.13. The molecule has 1 aliphatic carbocycles. The Kier molecular flexibility index (Phi) is 2.61. The summed E-state index contributed by atoms with van der Waals surface area (Å²) in [5, 5.41) is 1.07. The maximum Gasteiger partial charge on any atom is 0.123 e. The summed E-state index contributed by atoms with van der Waals surface area (Å²) in [5.74, 6) is 0. The second-order valence-electron chi connectivity index (χ2n) is 4.60. The first-order chi connectivity index (χ1) is 8.08. The van der Waals surface area contributed by atoms with Crippen LogP contribution < -0.4 is 5.73 Å². The molecule has 0 bridgehead atoms. The molecule has 17 heavy (non-hydrogen) atoms. The molecule has 1 aromatic heterocycles. The summed E-state index contributed by atoms with van der Waals surface area (Å²) in [7, 11) is 0. The minimum absolute atomic E-state index is 0.0740. The summed E-state index contributed by atoms with van der Waals surface area (Å²) in [4.78, 5) is 5.90. The Morgan fingerprint density at radius 1 is 1.29 bits per heavy atom. The summed E-state index contributed by atoms with van der Waals surface area (Å²) < 4.78 is 1.09. The lowest BCUT2D eigenvalue weighted by Gasteiger charge is -2.04. The highest BCUT2D eigenvalue weighted by atomic mass is 79.9. The van der Waals surface area contributed by atoms with Gasteiger partial charge in [-0.1, -0.05) is 28.1 Å². The third kappa shape index (κ3) is 2.05. The van der Waals surface area contributed by atoms with Crippen LogP contribution in [0.25, 0.3) is 10.6 Å². The van der Waals surface area contributed by atoms with Crippen LogP contribution >= 0.6 is 27.3 Å². The van der Waals surface area contributed by atoms with Gasteiger partial charge >= 0.3 is 0 Å². The van der Waals surface area contributed by atoms with E-state index in [4.69, 9.17) is 5.73 Å². The van der Waals surface area contributed by atoms with Crippen LogP contribution in [0.2, 0.25) is 0 Å². The van der Waals surface area contributed by atoms with Gasteiger partial charge in [0.1, 0.15) is 5.01 Å². The molecule has 88 valence electrons. The first-order valence-electron chi connectivity index (χ1n) is 5.61. The molecule has 1 aliphatic rings. The predicted molar refractivity (Wildman–Crippen MR) is 75.1 cm³/mol. The van der Waals surface area contributed by atoms with Gasteiger partial charge in [0.2, 0.25) is 0 Å². The summed E-state index contributed by atoms with van der Waals surface area (Å²) in [6.45, 7) is 2.06. The summed E-state index contributed by atoms with van der Waals surface area (Å²) >= 11 is 5.18. The molecule has 1 fully saturated rings. The highest BCUT2D eigenvalue weighted by Crippen LogP contribution is 2.47. The number of benzene rings is 1. The van der Waals surface area contributed by atoms with Gasteiger partial charge in [-0.15, -0.1) is 11.3 Å². The first-order valence-corrected chi connectivity index (χ1v) is 7.22. The summed E-state index contributed by atoms with van der Waals surface area (Å²) in [6.07, 6.45) is 2.19. The van der Waals surface area contributed by atoms with Gasteiger partial charge in [0.15, 0.2) is 0 Å². The van der Waals surface area contributed by atoms with Gasteiger partial charge in [0.05, 0.1) is 11.2 Å². The molecule has 1 aromatic carbocycles. The van der Waals surface area contributed by atoms with Crippen LogP contribution in [0, 0.1) is 6.92 Å². The lowest BCUT2D eigenvalue weighted by Crippen LogP contribution is -2.18. The zero-order chi connectivity index (χ0) is 12.0. The van der Waals surface area contributed by atoms with E-state index in [0.717, 1.165) is 33.6 Å². The van der Waals surface area contributed by atoms with Crippen LogP contribution in [0.3, 0.4) is 0 Å². The highest BCUT2D eigenvalue weighted by molar-refractivity contribution is 9.10. The molecule has 1 saturated carbocycles. The van der Waals surface area contributed by atoms with Crippen molar-refractivity contribution >= 4 is 27.3 Å². The molecule has 0 unspecified atom stereocenters. The minimum atomic E-state index is -0.0740. The molecular formula is C13H13BrN2S. The number of nitrogens with two attached hydrogens (primary N) is 1. The van der Waals surface area contributed by atoms with Gasteiger partial charge in [-0.05, 0) is 31.9 Å². The van der Waals surface area contributed by atoms with E-state index >= 15 is 0 Å². The van der Waals surface area contributed by atoms with Crippen molar-refractivity contribution in [2.75, 3.05) is 0 Å². The summed E-state index contributed by atoms with van der Waals surface area (Å²) in [6, 6.07) is 8.26.